The summed E-state index contributed by atoms with van der Waals surface area (Å²) in [7, 11) is 0. The van der Waals surface area contributed by atoms with Crippen LogP contribution in [0.25, 0.3) is 16.9 Å². The minimum absolute atomic E-state index is 0.103. The van der Waals surface area contributed by atoms with E-state index in [0.717, 1.165) is 12.3 Å². The van der Waals surface area contributed by atoms with Crippen LogP contribution >= 0.6 is 27.5 Å². The van der Waals surface area contributed by atoms with Crippen LogP contribution in [-0.4, -0.2) is 30.9 Å². The van der Waals surface area contributed by atoms with E-state index >= 15 is 0 Å². The second-order valence-electron chi connectivity index (χ2n) is 6.53. The van der Waals surface area contributed by atoms with Gasteiger partial charge in [0, 0.05) is 28.0 Å². The van der Waals surface area contributed by atoms with Crippen LogP contribution in [0, 0.1) is 5.82 Å². The van der Waals surface area contributed by atoms with Gasteiger partial charge in [-0.15, -0.1) is 4.80 Å². The molecule has 0 radical (unpaired) electrons. The van der Waals surface area contributed by atoms with Crippen molar-refractivity contribution >= 4 is 39.1 Å². The molecule has 1 N–H and O–H groups in total. The molecule has 33 heavy (non-hydrogen) atoms. The lowest BCUT2D eigenvalue weighted by molar-refractivity contribution is -0.137. The zero-order valence-electron chi connectivity index (χ0n) is 16.1. The van der Waals surface area contributed by atoms with Crippen molar-refractivity contribution in [1.29, 1.82) is 0 Å². The first kappa shape index (κ1) is 22.8. The van der Waals surface area contributed by atoms with Crippen LogP contribution in [-0.2, 0) is 6.18 Å². The van der Waals surface area contributed by atoms with Gasteiger partial charge in [-0.1, -0.05) is 11.6 Å². The number of nitrogens with zero attached hydrogens (tertiary/aromatic N) is 5. The maximum Gasteiger partial charge on any atom is 0.420 e. The van der Waals surface area contributed by atoms with Crippen molar-refractivity contribution < 1.29 is 22.4 Å². The summed E-state index contributed by atoms with van der Waals surface area (Å²) < 4.78 is 55.9. The molecule has 0 aliphatic heterocycles. The summed E-state index contributed by atoms with van der Waals surface area (Å²) in [6, 6.07) is 4.38. The molecule has 0 saturated heterocycles. The van der Waals surface area contributed by atoms with Gasteiger partial charge >= 0.3 is 6.18 Å². The van der Waals surface area contributed by atoms with Gasteiger partial charge in [0.1, 0.15) is 11.4 Å². The SMILES string of the molecule is O=C(Nc1cnc(-n2nccn2)c(C(F)(F)F)c1)c1cc(F)c(-c2ccncc2Br)cc1Cl. The summed E-state index contributed by atoms with van der Waals surface area (Å²) >= 11 is 9.45. The van der Waals surface area contributed by atoms with Crippen molar-refractivity contribution in [2.24, 2.45) is 0 Å². The van der Waals surface area contributed by atoms with Crippen LogP contribution in [0.3, 0.4) is 0 Å². The predicted octanol–water partition coefficient (Wildman–Crippen LogP) is 5.55. The van der Waals surface area contributed by atoms with Crippen LogP contribution in [0.1, 0.15) is 15.9 Å². The van der Waals surface area contributed by atoms with E-state index in [1.807, 2.05) is 0 Å². The fraction of sp³-hybridized carbons (Fsp3) is 0.0500. The van der Waals surface area contributed by atoms with Gasteiger partial charge in [0.2, 0.25) is 0 Å². The number of hydrogen-bond donors (Lipinski definition) is 1. The summed E-state index contributed by atoms with van der Waals surface area (Å²) in [5, 5.41) is 9.45. The third-order valence-corrected chi connectivity index (χ3v) is 5.35. The molecule has 4 rings (SSSR count). The number of halogens is 6. The number of carbonyl (C=O) groups excluding carboxylic acids is 1. The van der Waals surface area contributed by atoms with E-state index in [1.165, 1.54) is 30.9 Å². The van der Waals surface area contributed by atoms with Crippen molar-refractivity contribution in [2.45, 2.75) is 6.18 Å². The van der Waals surface area contributed by atoms with Crippen LogP contribution in [0.4, 0.5) is 23.2 Å². The van der Waals surface area contributed by atoms with Crippen molar-refractivity contribution in [3.05, 3.63) is 81.7 Å². The molecule has 0 bridgehead atoms. The molecular formula is C20H10BrClF4N6O. The number of anilines is 1. The summed E-state index contributed by atoms with van der Waals surface area (Å²) in [5.74, 6) is -2.24. The highest BCUT2D eigenvalue weighted by Gasteiger charge is 2.36. The second-order valence-corrected chi connectivity index (χ2v) is 7.79. The fourth-order valence-corrected chi connectivity index (χ4v) is 3.65. The maximum absolute atomic E-state index is 14.8. The zero-order chi connectivity index (χ0) is 23.8. The number of aromatic nitrogens is 5. The van der Waals surface area contributed by atoms with Crippen LogP contribution in [0.2, 0.25) is 5.02 Å². The Morgan fingerprint density at radius 3 is 2.45 bits per heavy atom. The van der Waals surface area contributed by atoms with E-state index in [4.69, 9.17) is 11.6 Å². The van der Waals surface area contributed by atoms with Gasteiger partial charge in [0.05, 0.1) is 34.9 Å². The number of benzene rings is 1. The number of pyridine rings is 2. The summed E-state index contributed by atoms with van der Waals surface area (Å²) in [4.78, 5) is 21.0. The van der Waals surface area contributed by atoms with Gasteiger partial charge in [-0.05, 0) is 40.2 Å². The van der Waals surface area contributed by atoms with Crippen LogP contribution in [0.15, 0.2) is 59.7 Å². The summed E-state index contributed by atoms with van der Waals surface area (Å²) in [6.45, 7) is 0. The normalized spacial score (nSPS) is 11.5. The molecule has 0 unspecified atom stereocenters. The Morgan fingerprint density at radius 1 is 1.06 bits per heavy atom. The van der Waals surface area contributed by atoms with Crippen molar-refractivity contribution in [1.82, 2.24) is 25.0 Å². The number of carbonyl (C=O) groups is 1. The Kier molecular flexibility index (Phi) is 6.13. The molecule has 13 heteroatoms. The van der Waals surface area contributed by atoms with Gasteiger partial charge in [-0.25, -0.2) is 9.37 Å². The average Bonchev–Trinajstić information content (AvgIpc) is 3.30. The number of alkyl halides is 3. The molecule has 3 heterocycles. The minimum Gasteiger partial charge on any atom is -0.321 e. The van der Waals surface area contributed by atoms with Gasteiger partial charge < -0.3 is 5.32 Å². The Labute approximate surface area is 196 Å². The molecule has 1 amide bonds. The summed E-state index contributed by atoms with van der Waals surface area (Å²) in [6.07, 6.45) is 1.52. The predicted molar refractivity (Wildman–Crippen MR) is 114 cm³/mol. The maximum atomic E-state index is 14.8. The van der Waals surface area contributed by atoms with E-state index in [0.29, 0.717) is 20.9 Å². The Hall–Kier alpha value is -3.38. The molecule has 4 aromatic rings. The van der Waals surface area contributed by atoms with E-state index in [9.17, 15) is 22.4 Å². The van der Waals surface area contributed by atoms with E-state index in [-0.39, 0.29) is 21.8 Å². The first-order valence-corrected chi connectivity index (χ1v) is 10.2. The van der Waals surface area contributed by atoms with E-state index in [2.05, 4.69) is 41.4 Å². The summed E-state index contributed by atoms with van der Waals surface area (Å²) in [5.41, 5.74) is -1.15. The standard InChI is InChI=1S/C20H10BrClF4N6O/c21-15-9-27-2-1-11(15)12-6-16(22)13(7-17(12)23)19(33)31-10-5-14(20(24,25)26)18(28-8-10)32-29-3-4-30-32/h1-9H,(H,31,33). The molecule has 7 nitrogen and oxygen atoms in total. The monoisotopic (exact) mass is 540 g/mol. The number of amides is 1. The number of rotatable bonds is 4. The van der Waals surface area contributed by atoms with Crippen LogP contribution < -0.4 is 5.32 Å². The molecule has 3 aromatic heterocycles. The highest BCUT2D eigenvalue weighted by Crippen LogP contribution is 2.35. The second kappa shape index (κ2) is 8.87. The zero-order valence-corrected chi connectivity index (χ0v) is 18.5. The average molecular weight is 542 g/mol. The molecule has 0 spiro atoms. The van der Waals surface area contributed by atoms with Gasteiger partial charge in [0.25, 0.3) is 5.91 Å². The lowest BCUT2D eigenvalue weighted by atomic mass is 10.0. The molecule has 0 atom stereocenters. The fourth-order valence-electron chi connectivity index (χ4n) is 2.94. The Balaban J connectivity index is 1.66. The van der Waals surface area contributed by atoms with E-state index < -0.39 is 29.3 Å². The Morgan fingerprint density at radius 2 is 1.79 bits per heavy atom. The molecule has 0 aliphatic rings. The number of nitrogens with one attached hydrogen (secondary N) is 1. The first-order chi connectivity index (χ1) is 15.6. The van der Waals surface area contributed by atoms with Crippen molar-refractivity contribution in [3.8, 4) is 16.9 Å². The molecule has 0 fully saturated rings. The smallest absolute Gasteiger partial charge is 0.321 e. The van der Waals surface area contributed by atoms with Crippen molar-refractivity contribution in [2.75, 3.05) is 5.32 Å². The highest BCUT2D eigenvalue weighted by molar-refractivity contribution is 9.10. The number of hydrogen-bond acceptors (Lipinski definition) is 5. The highest BCUT2D eigenvalue weighted by atomic mass is 79.9. The van der Waals surface area contributed by atoms with Gasteiger partial charge in [-0.2, -0.15) is 23.4 Å². The largest absolute Gasteiger partial charge is 0.420 e. The van der Waals surface area contributed by atoms with E-state index in [1.54, 1.807) is 6.07 Å². The molecule has 0 saturated carbocycles. The molecule has 168 valence electrons. The molecule has 0 aliphatic carbocycles. The van der Waals surface area contributed by atoms with Gasteiger partial charge in [0.15, 0.2) is 5.82 Å². The lowest BCUT2D eigenvalue weighted by Crippen LogP contribution is -2.17. The third kappa shape index (κ3) is 4.71. The topological polar surface area (TPSA) is 85.6 Å². The lowest BCUT2D eigenvalue weighted by Gasteiger charge is -2.14. The van der Waals surface area contributed by atoms with Crippen LogP contribution in [0.5, 0.6) is 0 Å². The van der Waals surface area contributed by atoms with Crippen molar-refractivity contribution in [3.63, 3.8) is 0 Å². The van der Waals surface area contributed by atoms with Gasteiger partial charge in [-0.3, -0.25) is 9.78 Å². The quantitative estimate of drug-likeness (QED) is 0.343. The Bertz CT molecular complexity index is 1350. The molecular weight excluding hydrogens is 532 g/mol. The first-order valence-electron chi connectivity index (χ1n) is 8.99. The minimum atomic E-state index is -4.81. The molecule has 1 aromatic carbocycles. The third-order valence-electron chi connectivity index (χ3n) is 4.40.